The minimum Gasteiger partial charge on any atom is -0.444 e. The Morgan fingerprint density at radius 2 is 2.21 bits per heavy atom. The van der Waals surface area contributed by atoms with Crippen LogP contribution >= 0.6 is 0 Å². The Labute approximate surface area is 85.6 Å². The second-order valence-electron chi connectivity index (χ2n) is 3.46. The fourth-order valence-corrected chi connectivity index (χ4v) is 1.29. The summed E-state index contributed by atoms with van der Waals surface area (Å²) in [5, 5.41) is 0. The van der Waals surface area contributed by atoms with Crippen LogP contribution in [0.5, 0.6) is 5.88 Å². The highest BCUT2D eigenvalue weighted by atomic mass is 16.5. The summed E-state index contributed by atoms with van der Waals surface area (Å²) in [6.45, 7) is 8.07. The summed E-state index contributed by atoms with van der Waals surface area (Å²) in [5.41, 5.74) is 2.24. The molecular weight excluding hydrogens is 174 g/mol. The number of aryl methyl sites for hydroxylation is 2. The van der Waals surface area contributed by atoms with Gasteiger partial charge >= 0.3 is 0 Å². The smallest absolute Gasteiger partial charge is 0.221 e. The summed E-state index contributed by atoms with van der Waals surface area (Å²) in [4.78, 5) is 4.24. The number of allylic oxidation sites excluding steroid dienone is 2. The molecule has 0 unspecified atom stereocenters. The van der Waals surface area contributed by atoms with E-state index in [1.54, 1.807) is 0 Å². The molecule has 0 aliphatic carbocycles. The predicted octanol–water partition coefficient (Wildman–Crippen LogP) is 3.39. The van der Waals surface area contributed by atoms with Crippen molar-refractivity contribution in [1.82, 2.24) is 4.98 Å². The Bertz CT molecular complexity index is 342. The van der Waals surface area contributed by atoms with E-state index < -0.39 is 0 Å². The molecule has 2 nitrogen and oxygen atoms in total. The molecule has 0 fully saturated rings. The van der Waals surface area contributed by atoms with E-state index in [0.717, 1.165) is 23.3 Å². The van der Waals surface area contributed by atoms with E-state index in [2.05, 4.69) is 18.0 Å². The maximum Gasteiger partial charge on any atom is 0.221 e. The zero-order chi connectivity index (χ0) is 10.6. The fraction of sp³-hybridized carbons (Fsp3) is 0.417. The third-order valence-corrected chi connectivity index (χ3v) is 1.92. The topological polar surface area (TPSA) is 22.1 Å². The van der Waals surface area contributed by atoms with Gasteiger partial charge in [-0.15, -0.1) is 0 Å². The molecule has 1 aromatic rings. The fourth-order valence-electron chi connectivity index (χ4n) is 1.29. The molecule has 2 heteroatoms. The number of rotatable bonds is 3. The van der Waals surface area contributed by atoms with Gasteiger partial charge < -0.3 is 4.74 Å². The van der Waals surface area contributed by atoms with Crippen LogP contribution in [-0.4, -0.2) is 4.98 Å². The SMILES string of the molecule is CCC=C(C)Oc1ncc(C)cc1C. The Morgan fingerprint density at radius 3 is 2.79 bits per heavy atom. The normalized spacial score (nSPS) is 11.6. The van der Waals surface area contributed by atoms with Gasteiger partial charge in [0.25, 0.3) is 0 Å². The van der Waals surface area contributed by atoms with Crippen LogP contribution in [0.15, 0.2) is 24.1 Å². The highest BCUT2D eigenvalue weighted by Gasteiger charge is 2.01. The lowest BCUT2D eigenvalue weighted by Gasteiger charge is -2.07. The molecule has 0 N–H and O–H groups in total. The van der Waals surface area contributed by atoms with E-state index >= 15 is 0 Å². The predicted molar refractivity (Wildman–Crippen MR) is 58.4 cm³/mol. The van der Waals surface area contributed by atoms with Gasteiger partial charge in [-0.05, 0) is 44.9 Å². The molecule has 0 saturated carbocycles. The van der Waals surface area contributed by atoms with E-state index in [-0.39, 0.29) is 0 Å². The largest absolute Gasteiger partial charge is 0.444 e. The van der Waals surface area contributed by atoms with Crippen molar-refractivity contribution in [2.45, 2.75) is 34.1 Å². The van der Waals surface area contributed by atoms with Crippen molar-refractivity contribution in [1.29, 1.82) is 0 Å². The quantitative estimate of drug-likeness (QED) is 0.683. The molecule has 0 aromatic carbocycles. The summed E-state index contributed by atoms with van der Waals surface area (Å²) >= 11 is 0. The second kappa shape index (κ2) is 4.80. The molecule has 0 radical (unpaired) electrons. The van der Waals surface area contributed by atoms with Gasteiger partial charge in [-0.3, -0.25) is 0 Å². The first kappa shape index (κ1) is 10.8. The first-order chi connectivity index (χ1) is 6.63. The Morgan fingerprint density at radius 1 is 1.50 bits per heavy atom. The lowest BCUT2D eigenvalue weighted by molar-refractivity contribution is 0.405. The molecular formula is C12H17NO. The van der Waals surface area contributed by atoms with Crippen molar-refractivity contribution in [3.63, 3.8) is 0 Å². The minimum absolute atomic E-state index is 0.706. The monoisotopic (exact) mass is 191 g/mol. The Hall–Kier alpha value is -1.31. The molecule has 1 rings (SSSR count). The van der Waals surface area contributed by atoms with E-state index in [1.165, 1.54) is 0 Å². The van der Waals surface area contributed by atoms with Gasteiger partial charge in [0.15, 0.2) is 0 Å². The van der Waals surface area contributed by atoms with Gasteiger partial charge in [0.1, 0.15) is 0 Å². The minimum atomic E-state index is 0.706. The summed E-state index contributed by atoms with van der Waals surface area (Å²) < 4.78 is 5.59. The standard InChI is InChI=1S/C12H17NO/c1-5-6-11(4)14-12-10(3)7-9(2)8-13-12/h6-8H,5H2,1-4H3. The third-order valence-electron chi connectivity index (χ3n) is 1.92. The van der Waals surface area contributed by atoms with Gasteiger partial charge in [0.2, 0.25) is 5.88 Å². The number of ether oxygens (including phenoxy) is 1. The molecule has 76 valence electrons. The van der Waals surface area contributed by atoms with Crippen molar-refractivity contribution in [2.75, 3.05) is 0 Å². The van der Waals surface area contributed by atoms with Crippen molar-refractivity contribution in [3.05, 3.63) is 35.2 Å². The lowest BCUT2D eigenvalue weighted by Crippen LogP contribution is -1.96. The molecule has 0 saturated heterocycles. The van der Waals surface area contributed by atoms with Gasteiger partial charge in [-0.2, -0.15) is 0 Å². The van der Waals surface area contributed by atoms with Gasteiger partial charge in [-0.1, -0.05) is 6.92 Å². The molecule has 0 aliphatic rings. The van der Waals surface area contributed by atoms with Crippen LogP contribution in [0.2, 0.25) is 0 Å². The first-order valence-electron chi connectivity index (χ1n) is 4.91. The van der Waals surface area contributed by atoms with Crippen molar-refractivity contribution < 1.29 is 4.74 Å². The summed E-state index contributed by atoms with van der Waals surface area (Å²) in [5.74, 6) is 1.62. The van der Waals surface area contributed by atoms with E-state index in [0.29, 0.717) is 5.88 Å². The summed E-state index contributed by atoms with van der Waals surface area (Å²) in [6, 6.07) is 2.07. The maximum absolute atomic E-state index is 5.59. The molecule has 1 aromatic heterocycles. The third kappa shape index (κ3) is 2.87. The van der Waals surface area contributed by atoms with E-state index in [9.17, 15) is 0 Å². The van der Waals surface area contributed by atoms with Crippen LogP contribution < -0.4 is 4.74 Å². The highest BCUT2D eigenvalue weighted by Crippen LogP contribution is 2.17. The second-order valence-corrected chi connectivity index (χ2v) is 3.46. The van der Waals surface area contributed by atoms with E-state index in [1.807, 2.05) is 33.0 Å². The van der Waals surface area contributed by atoms with Crippen molar-refractivity contribution >= 4 is 0 Å². The van der Waals surface area contributed by atoms with Crippen LogP contribution in [-0.2, 0) is 0 Å². The van der Waals surface area contributed by atoms with Crippen molar-refractivity contribution in [3.8, 4) is 5.88 Å². The zero-order valence-corrected chi connectivity index (χ0v) is 9.29. The van der Waals surface area contributed by atoms with E-state index in [4.69, 9.17) is 4.74 Å². The number of hydrogen-bond donors (Lipinski definition) is 0. The molecule has 1 heterocycles. The molecule has 0 aliphatic heterocycles. The van der Waals surface area contributed by atoms with Gasteiger partial charge in [0.05, 0.1) is 5.76 Å². The van der Waals surface area contributed by atoms with Crippen LogP contribution in [0, 0.1) is 13.8 Å². The number of hydrogen-bond acceptors (Lipinski definition) is 2. The zero-order valence-electron chi connectivity index (χ0n) is 9.29. The van der Waals surface area contributed by atoms with Crippen LogP contribution in [0.4, 0.5) is 0 Å². The number of aromatic nitrogens is 1. The molecule has 0 bridgehead atoms. The van der Waals surface area contributed by atoms with Gasteiger partial charge in [0, 0.05) is 11.8 Å². The van der Waals surface area contributed by atoms with Crippen LogP contribution in [0.25, 0.3) is 0 Å². The highest BCUT2D eigenvalue weighted by molar-refractivity contribution is 5.28. The van der Waals surface area contributed by atoms with Crippen LogP contribution in [0.1, 0.15) is 31.4 Å². The molecule has 0 amide bonds. The lowest BCUT2D eigenvalue weighted by atomic mass is 10.2. The molecule has 14 heavy (non-hydrogen) atoms. The van der Waals surface area contributed by atoms with Gasteiger partial charge in [-0.25, -0.2) is 4.98 Å². The average molecular weight is 191 g/mol. The first-order valence-corrected chi connectivity index (χ1v) is 4.91. The van der Waals surface area contributed by atoms with Crippen molar-refractivity contribution in [2.24, 2.45) is 0 Å². The molecule has 0 spiro atoms. The van der Waals surface area contributed by atoms with Crippen LogP contribution in [0.3, 0.4) is 0 Å². The molecule has 0 atom stereocenters. The summed E-state index contributed by atoms with van der Waals surface area (Å²) in [7, 11) is 0. The Balaban J connectivity index is 2.82. The maximum atomic E-state index is 5.59. The summed E-state index contributed by atoms with van der Waals surface area (Å²) in [6.07, 6.45) is 4.85. The average Bonchev–Trinajstić information content (AvgIpc) is 2.10. The Kier molecular flexibility index (Phi) is 3.69. The number of pyridine rings is 1. The number of nitrogens with zero attached hydrogens (tertiary/aromatic N) is 1.